The van der Waals surface area contributed by atoms with E-state index in [1.165, 1.54) is 10.8 Å². The van der Waals surface area contributed by atoms with Crippen LogP contribution in [0.15, 0.2) is 46.1 Å². The fraction of sp³-hybridized carbons (Fsp3) is 0.333. The summed E-state index contributed by atoms with van der Waals surface area (Å²) in [6, 6.07) is 9.53. The second-order valence-corrected chi connectivity index (χ2v) is 7.53. The van der Waals surface area contributed by atoms with Gasteiger partial charge in [0.2, 0.25) is 0 Å². The maximum absolute atomic E-state index is 12.0. The van der Waals surface area contributed by atoms with Gasteiger partial charge in [-0.25, -0.2) is 0 Å². The molecule has 1 saturated heterocycles. The van der Waals surface area contributed by atoms with E-state index in [2.05, 4.69) is 4.98 Å². The minimum absolute atomic E-state index is 0.189. The van der Waals surface area contributed by atoms with Crippen molar-refractivity contribution in [3.05, 3.63) is 57.4 Å². The van der Waals surface area contributed by atoms with E-state index in [-0.39, 0.29) is 28.0 Å². The van der Waals surface area contributed by atoms with Crippen molar-refractivity contribution in [3.63, 3.8) is 0 Å². The monoisotopic (exact) mass is 384 g/mol. The number of rotatable bonds is 4. The number of ether oxygens (including phenoxy) is 1. The van der Waals surface area contributed by atoms with Crippen LogP contribution in [0.3, 0.4) is 0 Å². The molecule has 3 N–H and O–H groups in total. The zero-order valence-corrected chi connectivity index (χ0v) is 13.8. The van der Waals surface area contributed by atoms with Crippen LogP contribution in [0.2, 0.25) is 0 Å². The standard InChI is InChI=1S/C15H16N2O5Se/c18-8-11-10(19)6-13(22-11)17-7-12(14(20)16-15(17)21)23-9-4-2-1-3-5-9/h1-5,7,10-11,13,18-19H,6,8H2,(H,16,20,21). The number of hydrogen-bond donors (Lipinski definition) is 3. The molecule has 3 unspecified atom stereocenters. The fourth-order valence-corrected chi connectivity index (χ4v) is 4.22. The molecule has 23 heavy (non-hydrogen) atoms. The molecule has 1 fully saturated rings. The third-order valence-corrected chi connectivity index (χ3v) is 5.74. The van der Waals surface area contributed by atoms with E-state index in [0.29, 0.717) is 4.46 Å². The quantitative estimate of drug-likeness (QED) is 0.522. The molecule has 2 aromatic rings. The summed E-state index contributed by atoms with van der Waals surface area (Å²) >= 11 is -0.252. The fourth-order valence-electron chi connectivity index (χ4n) is 2.42. The summed E-state index contributed by atoms with van der Waals surface area (Å²) in [5.74, 6) is 0. The van der Waals surface area contributed by atoms with Crippen LogP contribution in [0, 0.1) is 0 Å². The van der Waals surface area contributed by atoms with E-state index < -0.39 is 29.7 Å². The maximum atomic E-state index is 12.0. The zero-order chi connectivity index (χ0) is 16.4. The molecule has 1 aliphatic heterocycles. The van der Waals surface area contributed by atoms with Crippen LogP contribution in [0.4, 0.5) is 0 Å². The number of nitrogens with one attached hydrogen (secondary N) is 1. The van der Waals surface area contributed by atoms with E-state index in [1.807, 2.05) is 30.3 Å². The minimum atomic E-state index is -0.841. The van der Waals surface area contributed by atoms with Gasteiger partial charge in [0.05, 0.1) is 0 Å². The van der Waals surface area contributed by atoms with Crippen LogP contribution >= 0.6 is 0 Å². The first-order chi connectivity index (χ1) is 11.1. The van der Waals surface area contributed by atoms with E-state index >= 15 is 0 Å². The summed E-state index contributed by atoms with van der Waals surface area (Å²) in [5, 5.41) is 18.9. The first kappa shape index (κ1) is 16.2. The molecule has 0 radical (unpaired) electrons. The topological polar surface area (TPSA) is 105 Å². The molecule has 1 aromatic heterocycles. The molecule has 8 heteroatoms. The van der Waals surface area contributed by atoms with Crippen molar-refractivity contribution < 1.29 is 14.9 Å². The van der Waals surface area contributed by atoms with Gasteiger partial charge in [0.1, 0.15) is 0 Å². The number of aliphatic hydroxyl groups is 2. The van der Waals surface area contributed by atoms with Crippen molar-refractivity contribution in [3.8, 4) is 0 Å². The molecule has 2 heterocycles. The first-order valence-electron chi connectivity index (χ1n) is 7.11. The van der Waals surface area contributed by atoms with Crippen molar-refractivity contribution in [1.82, 2.24) is 9.55 Å². The molecular formula is C15H16N2O5Se. The van der Waals surface area contributed by atoms with Crippen LogP contribution in [-0.2, 0) is 4.74 Å². The van der Waals surface area contributed by atoms with Crippen LogP contribution in [0.5, 0.6) is 0 Å². The van der Waals surface area contributed by atoms with Gasteiger partial charge in [-0.1, -0.05) is 0 Å². The Morgan fingerprint density at radius 2 is 2.04 bits per heavy atom. The summed E-state index contributed by atoms with van der Waals surface area (Å²) < 4.78 is 8.27. The predicted octanol–water partition coefficient (Wildman–Crippen LogP) is -2.17. The summed E-state index contributed by atoms with van der Waals surface area (Å²) in [4.78, 5) is 26.3. The second-order valence-electron chi connectivity index (χ2n) is 5.19. The molecular weight excluding hydrogens is 367 g/mol. The van der Waals surface area contributed by atoms with E-state index in [4.69, 9.17) is 9.84 Å². The number of benzene rings is 1. The number of hydrogen-bond acceptors (Lipinski definition) is 5. The Bertz CT molecular complexity index is 788. The molecule has 1 aliphatic rings. The van der Waals surface area contributed by atoms with Gasteiger partial charge in [-0.3, -0.25) is 0 Å². The average Bonchev–Trinajstić information content (AvgIpc) is 2.91. The summed E-state index contributed by atoms with van der Waals surface area (Å²) in [7, 11) is 0. The molecule has 0 amide bonds. The summed E-state index contributed by atoms with van der Waals surface area (Å²) in [6.45, 7) is -0.323. The summed E-state index contributed by atoms with van der Waals surface area (Å²) in [6.07, 6.45) is -0.578. The molecule has 122 valence electrons. The van der Waals surface area contributed by atoms with E-state index in [0.717, 1.165) is 4.46 Å². The van der Waals surface area contributed by atoms with Crippen molar-refractivity contribution in [2.45, 2.75) is 24.9 Å². The van der Waals surface area contributed by atoms with E-state index in [1.54, 1.807) is 0 Å². The molecule has 0 spiro atoms. The number of nitrogens with zero attached hydrogens (tertiary/aromatic N) is 1. The van der Waals surface area contributed by atoms with Crippen LogP contribution in [0.1, 0.15) is 12.6 Å². The predicted molar refractivity (Wildman–Crippen MR) is 84.4 cm³/mol. The molecule has 1 aromatic carbocycles. The van der Waals surface area contributed by atoms with Gasteiger partial charge in [-0.05, 0) is 0 Å². The zero-order valence-electron chi connectivity index (χ0n) is 12.1. The third kappa shape index (κ3) is 3.46. The van der Waals surface area contributed by atoms with Gasteiger partial charge in [0.15, 0.2) is 0 Å². The van der Waals surface area contributed by atoms with Crippen LogP contribution in [-0.4, -0.2) is 53.5 Å². The number of aromatic amines is 1. The van der Waals surface area contributed by atoms with Crippen molar-refractivity contribution in [2.75, 3.05) is 6.61 Å². The van der Waals surface area contributed by atoms with Gasteiger partial charge >= 0.3 is 137 Å². The molecule has 0 aliphatic carbocycles. The number of H-pyrrole nitrogens is 1. The van der Waals surface area contributed by atoms with E-state index in [9.17, 15) is 14.7 Å². The summed E-state index contributed by atoms with van der Waals surface area (Å²) in [5.41, 5.74) is -0.995. The van der Waals surface area contributed by atoms with Crippen LogP contribution in [0.25, 0.3) is 0 Å². The number of aromatic nitrogens is 2. The molecule has 0 bridgehead atoms. The Balaban J connectivity index is 1.92. The van der Waals surface area contributed by atoms with Crippen LogP contribution < -0.4 is 20.2 Å². The SMILES string of the molecule is O=c1[nH]c(=O)n(C2CC(O)C(CO)O2)cc1[Se]c1ccccc1. The van der Waals surface area contributed by atoms with Gasteiger partial charge in [0, 0.05) is 0 Å². The Kier molecular flexibility index (Phi) is 4.79. The van der Waals surface area contributed by atoms with Crippen molar-refractivity contribution in [1.29, 1.82) is 0 Å². The van der Waals surface area contributed by atoms with Gasteiger partial charge < -0.3 is 0 Å². The second kappa shape index (κ2) is 6.82. The van der Waals surface area contributed by atoms with Gasteiger partial charge in [-0.15, -0.1) is 0 Å². The Hall–Kier alpha value is -1.70. The Morgan fingerprint density at radius 1 is 1.30 bits per heavy atom. The molecule has 7 nitrogen and oxygen atoms in total. The Labute approximate surface area is 137 Å². The normalized spacial score (nSPS) is 24.0. The molecule has 3 atom stereocenters. The molecule has 0 saturated carbocycles. The number of aliphatic hydroxyl groups excluding tert-OH is 2. The Morgan fingerprint density at radius 3 is 2.70 bits per heavy atom. The van der Waals surface area contributed by atoms with Gasteiger partial charge in [-0.2, -0.15) is 0 Å². The first-order valence-corrected chi connectivity index (χ1v) is 8.82. The van der Waals surface area contributed by atoms with Crippen molar-refractivity contribution in [2.24, 2.45) is 0 Å². The van der Waals surface area contributed by atoms with Crippen molar-refractivity contribution >= 4 is 23.9 Å². The average molecular weight is 383 g/mol. The third-order valence-electron chi connectivity index (χ3n) is 3.60. The molecule has 3 rings (SSSR count). The van der Waals surface area contributed by atoms with Gasteiger partial charge in [0.25, 0.3) is 0 Å².